The van der Waals surface area contributed by atoms with Crippen molar-refractivity contribution in [2.45, 2.75) is 50.4 Å². The predicted molar refractivity (Wildman–Crippen MR) is 125 cm³/mol. The standard InChI is InChI=1S/C23H35N5O6/c1-33-16-22(29)27-11-8-19(13-21(27)23(30)25-10-9-24)26(15-20-3-2-12-34-20)14-17-4-6-18(7-5-17)28(31)32/h4-7,19-21H,2-3,8-16,24H2,1H3,(H,25,30)/t19?,20?,21-/m1/s1. The summed E-state index contributed by atoms with van der Waals surface area (Å²) in [5, 5.41) is 13.8. The predicted octanol–water partition coefficient (Wildman–Crippen LogP) is 0.657. The molecule has 11 heteroatoms. The van der Waals surface area contributed by atoms with E-state index in [1.807, 2.05) is 0 Å². The van der Waals surface area contributed by atoms with Crippen LogP contribution in [-0.2, 0) is 25.6 Å². The van der Waals surface area contributed by atoms with E-state index in [1.165, 1.54) is 19.2 Å². The van der Waals surface area contributed by atoms with Crippen LogP contribution < -0.4 is 11.1 Å². The molecule has 2 fully saturated rings. The Bertz CT molecular complexity index is 830. The van der Waals surface area contributed by atoms with Gasteiger partial charge in [0, 0.05) is 64.6 Å². The van der Waals surface area contributed by atoms with Crippen LogP contribution in [0.1, 0.15) is 31.2 Å². The summed E-state index contributed by atoms with van der Waals surface area (Å²) in [7, 11) is 1.46. The average molecular weight is 478 g/mol. The van der Waals surface area contributed by atoms with Gasteiger partial charge in [0.25, 0.3) is 5.69 Å². The minimum atomic E-state index is -0.614. The molecule has 34 heavy (non-hydrogen) atoms. The number of amides is 2. The number of nitrogens with zero attached hydrogens (tertiary/aromatic N) is 3. The normalized spacial score (nSPS) is 22.7. The lowest BCUT2D eigenvalue weighted by Crippen LogP contribution is -2.58. The first-order valence-corrected chi connectivity index (χ1v) is 11.8. The third kappa shape index (κ3) is 6.95. The van der Waals surface area contributed by atoms with E-state index in [0.717, 1.165) is 25.0 Å². The minimum Gasteiger partial charge on any atom is -0.377 e. The fourth-order valence-corrected chi connectivity index (χ4v) is 4.70. The van der Waals surface area contributed by atoms with Gasteiger partial charge in [-0.15, -0.1) is 0 Å². The third-order valence-electron chi connectivity index (χ3n) is 6.42. The second-order valence-electron chi connectivity index (χ2n) is 8.78. The van der Waals surface area contributed by atoms with E-state index in [-0.39, 0.29) is 36.3 Å². The van der Waals surface area contributed by atoms with E-state index in [4.69, 9.17) is 15.2 Å². The van der Waals surface area contributed by atoms with Crippen LogP contribution in [0.4, 0.5) is 5.69 Å². The Hall–Kier alpha value is -2.60. The van der Waals surface area contributed by atoms with Gasteiger partial charge in [-0.2, -0.15) is 0 Å². The van der Waals surface area contributed by atoms with Crippen molar-refractivity contribution in [3.05, 3.63) is 39.9 Å². The molecule has 1 aromatic rings. The van der Waals surface area contributed by atoms with Gasteiger partial charge in [-0.1, -0.05) is 12.1 Å². The quantitative estimate of drug-likeness (QED) is 0.350. The van der Waals surface area contributed by atoms with Crippen LogP contribution in [0.2, 0.25) is 0 Å². The van der Waals surface area contributed by atoms with Gasteiger partial charge in [-0.25, -0.2) is 0 Å². The van der Waals surface area contributed by atoms with Crippen molar-refractivity contribution in [2.75, 3.05) is 46.5 Å². The highest BCUT2D eigenvalue weighted by Gasteiger charge is 2.38. The van der Waals surface area contributed by atoms with Gasteiger partial charge < -0.3 is 25.4 Å². The Morgan fingerprint density at radius 3 is 2.71 bits per heavy atom. The number of nitrogens with two attached hydrogens (primary N) is 1. The molecule has 2 aliphatic heterocycles. The maximum atomic E-state index is 12.9. The summed E-state index contributed by atoms with van der Waals surface area (Å²) in [6, 6.07) is 5.98. The molecule has 11 nitrogen and oxygen atoms in total. The summed E-state index contributed by atoms with van der Waals surface area (Å²) in [6.07, 6.45) is 3.28. The topological polar surface area (TPSA) is 140 Å². The summed E-state index contributed by atoms with van der Waals surface area (Å²) in [5.41, 5.74) is 6.55. The summed E-state index contributed by atoms with van der Waals surface area (Å²) >= 11 is 0. The summed E-state index contributed by atoms with van der Waals surface area (Å²) < 4.78 is 10.9. The van der Waals surface area contributed by atoms with E-state index in [9.17, 15) is 19.7 Å². The molecule has 0 bridgehead atoms. The molecule has 2 saturated heterocycles. The number of non-ortho nitro benzene ring substituents is 1. The zero-order chi connectivity index (χ0) is 24.5. The maximum Gasteiger partial charge on any atom is 0.269 e. The molecule has 2 amide bonds. The highest BCUT2D eigenvalue weighted by Crippen LogP contribution is 2.27. The van der Waals surface area contributed by atoms with E-state index in [0.29, 0.717) is 45.6 Å². The van der Waals surface area contributed by atoms with Crippen LogP contribution in [0.25, 0.3) is 0 Å². The summed E-state index contributed by atoms with van der Waals surface area (Å²) in [5.74, 6) is -0.429. The number of hydrogen-bond acceptors (Lipinski definition) is 8. The Balaban J connectivity index is 1.78. The number of ether oxygens (including phenoxy) is 2. The molecule has 2 heterocycles. The maximum absolute atomic E-state index is 12.9. The number of carbonyl (C=O) groups excluding carboxylic acids is 2. The van der Waals surface area contributed by atoms with Gasteiger partial charge in [0.05, 0.1) is 11.0 Å². The summed E-state index contributed by atoms with van der Waals surface area (Å²) in [4.78, 5) is 40.1. The van der Waals surface area contributed by atoms with Gasteiger partial charge >= 0.3 is 0 Å². The molecule has 0 aliphatic carbocycles. The number of nitrogens with one attached hydrogen (secondary N) is 1. The van der Waals surface area contributed by atoms with Crippen LogP contribution in [-0.4, -0.2) is 91.2 Å². The number of carbonyl (C=O) groups is 2. The third-order valence-corrected chi connectivity index (χ3v) is 6.42. The van der Waals surface area contributed by atoms with E-state index in [1.54, 1.807) is 17.0 Å². The number of likely N-dealkylation sites (tertiary alicyclic amines) is 1. The zero-order valence-corrected chi connectivity index (χ0v) is 19.7. The molecule has 3 rings (SSSR count). The van der Waals surface area contributed by atoms with Crippen molar-refractivity contribution in [3.63, 3.8) is 0 Å². The number of nitro benzene ring substituents is 1. The van der Waals surface area contributed by atoms with Crippen molar-refractivity contribution >= 4 is 17.5 Å². The molecular weight excluding hydrogens is 442 g/mol. The van der Waals surface area contributed by atoms with Crippen molar-refractivity contribution in [1.82, 2.24) is 15.1 Å². The second-order valence-corrected chi connectivity index (χ2v) is 8.78. The number of benzene rings is 1. The fourth-order valence-electron chi connectivity index (χ4n) is 4.70. The first kappa shape index (κ1) is 26.0. The molecule has 0 aromatic heterocycles. The van der Waals surface area contributed by atoms with Gasteiger partial charge in [0.15, 0.2) is 0 Å². The lowest BCUT2D eigenvalue weighted by molar-refractivity contribution is -0.384. The molecule has 3 atom stereocenters. The SMILES string of the molecule is COCC(=O)N1CCC(N(Cc2ccc([N+](=O)[O-])cc2)CC2CCCO2)C[C@@H]1C(=O)NCCN. The molecule has 0 spiro atoms. The molecule has 2 unspecified atom stereocenters. The van der Waals surface area contributed by atoms with E-state index < -0.39 is 11.0 Å². The Morgan fingerprint density at radius 1 is 1.32 bits per heavy atom. The van der Waals surface area contributed by atoms with Crippen LogP contribution >= 0.6 is 0 Å². The fraction of sp³-hybridized carbons (Fsp3) is 0.652. The Labute approximate surface area is 199 Å². The molecule has 3 N–H and O–H groups in total. The largest absolute Gasteiger partial charge is 0.377 e. The molecular formula is C23H35N5O6. The first-order valence-electron chi connectivity index (χ1n) is 11.8. The van der Waals surface area contributed by atoms with Crippen molar-refractivity contribution in [1.29, 1.82) is 0 Å². The Kier molecular flexibility index (Phi) is 9.75. The highest BCUT2D eigenvalue weighted by atomic mass is 16.6. The molecule has 1 aromatic carbocycles. The second kappa shape index (κ2) is 12.7. The number of nitro groups is 1. The van der Waals surface area contributed by atoms with Crippen molar-refractivity contribution in [2.24, 2.45) is 5.73 Å². The lowest BCUT2D eigenvalue weighted by atomic mass is 9.93. The van der Waals surface area contributed by atoms with Crippen LogP contribution in [0, 0.1) is 10.1 Å². The molecule has 0 saturated carbocycles. The van der Waals surface area contributed by atoms with Crippen molar-refractivity contribution < 1.29 is 24.0 Å². The smallest absolute Gasteiger partial charge is 0.269 e. The Morgan fingerprint density at radius 2 is 2.09 bits per heavy atom. The van der Waals surface area contributed by atoms with Crippen LogP contribution in [0.15, 0.2) is 24.3 Å². The van der Waals surface area contributed by atoms with Gasteiger partial charge in [-0.3, -0.25) is 24.6 Å². The van der Waals surface area contributed by atoms with Gasteiger partial charge in [0.2, 0.25) is 11.8 Å². The van der Waals surface area contributed by atoms with E-state index in [2.05, 4.69) is 10.2 Å². The average Bonchev–Trinajstić information content (AvgIpc) is 3.35. The number of hydrogen-bond donors (Lipinski definition) is 2. The highest BCUT2D eigenvalue weighted by molar-refractivity contribution is 5.88. The zero-order valence-electron chi connectivity index (χ0n) is 19.7. The number of rotatable bonds is 11. The first-order chi connectivity index (χ1) is 16.4. The van der Waals surface area contributed by atoms with Crippen molar-refractivity contribution in [3.8, 4) is 0 Å². The lowest BCUT2D eigenvalue weighted by Gasteiger charge is -2.43. The van der Waals surface area contributed by atoms with E-state index >= 15 is 0 Å². The summed E-state index contributed by atoms with van der Waals surface area (Å²) in [6.45, 7) is 3.04. The number of methoxy groups -OCH3 is 1. The number of piperidine rings is 1. The molecule has 2 aliphatic rings. The minimum absolute atomic E-state index is 0.0413. The molecule has 0 radical (unpaired) electrons. The monoisotopic (exact) mass is 477 g/mol. The van der Waals surface area contributed by atoms with Crippen LogP contribution in [0.5, 0.6) is 0 Å². The van der Waals surface area contributed by atoms with Gasteiger partial charge in [0.1, 0.15) is 12.6 Å². The van der Waals surface area contributed by atoms with Crippen LogP contribution in [0.3, 0.4) is 0 Å². The molecule has 188 valence electrons. The van der Waals surface area contributed by atoms with Gasteiger partial charge in [-0.05, 0) is 31.2 Å².